The molecule has 0 atom stereocenters. The van der Waals surface area contributed by atoms with E-state index in [0.717, 1.165) is 12.8 Å². The molecule has 2 aromatic carbocycles. The van der Waals surface area contributed by atoms with Gasteiger partial charge in [0.25, 0.3) is 0 Å². The monoisotopic (exact) mass is 359 g/mol. The molecule has 0 saturated carbocycles. The van der Waals surface area contributed by atoms with E-state index in [4.69, 9.17) is 0 Å². The molecule has 3 rings (SSSR count). The van der Waals surface area contributed by atoms with Gasteiger partial charge in [0.05, 0.1) is 0 Å². The zero-order chi connectivity index (χ0) is 20.1. The van der Waals surface area contributed by atoms with Crippen molar-refractivity contribution in [1.82, 2.24) is 0 Å². The molecule has 1 aliphatic carbocycles. The SMILES string of the molecule is CC.CC.Cc1ccc(N(C)c2ccc(C3=C/CC#CC/C=C\3)cc2)cc1. The second-order valence-corrected chi connectivity index (χ2v) is 5.77. The van der Waals surface area contributed by atoms with Crippen LogP contribution in [0.2, 0.25) is 0 Å². The molecular weight excluding hydrogens is 326 g/mol. The minimum Gasteiger partial charge on any atom is -0.345 e. The van der Waals surface area contributed by atoms with Crippen molar-refractivity contribution < 1.29 is 0 Å². The number of aryl methyl sites for hydroxylation is 1. The van der Waals surface area contributed by atoms with Gasteiger partial charge in [-0.1, -0.05) is 87.6 Å². The molecule has 0 radical (unpaired) electrons. The van der Waals surface area contributed by atoms with Crippen LogP contribution >= 0.6 is 0 Å². The normalized spacial score (nSPS) is 15.0. The second kappa shape index (κ2) is 12.6. The Bertz CT molecular complexity index is 781. The van der Waals surface area contributed by atoms with Crippen molar-refractivity contribution in [3.8, 4) is 11.8 Å². The van der Waals surface area contributed by atoms with E-state index in [9.17, 15) is 0 Å². The van der Waals surface area contributed by atoms with Gasteiger partial charge in [-0.3, -0.25) is 0 Å². The first kappa shape index (κ1) is 22.3. The third kappa shape index (κ3) is 6.83. The van der Waals surface area contributed by atoms with Gasteiger partial charge >= 0.3 is 0 Å². The van der Waals surface area contributed by atoms with E-state index in [1.165, 1.54) is 28.1 Å². The maximum Gasteiger partial charge on any atom is 0.0408 e. The Morgan fingerprint density at radius 3 is 1.85 bits per heavy atom. The van der Waals surface area contributed by atoms with Crippen LogP contribution in [0.1, 0.15) is 51.7 Å². The Morgan fingerprint density at radius 1 is 0.741 bits per heavy atom. The van der Waals surface area contributed by atoms with Crippen molar-refractivity contribution in [2.75, 3.05) is 11.9 Å². The molecule has 1 nitrogen and oxygen atoms in total. The average molecular weight is 360 g/mol. The van der Waals surface area contributed by atoms with Gasteiger partial charge in [-0.05, 0) is 42.3 Å². The summed E-state index contributed by atoms with van der Waals surface area (Å²) in [5, 5.41) is 0. The quantitative estimate of drug-likeness (QED) is 0.511. The Hall–Kier alpha value is -2.72. The first-order valence-electron chi connectivity index (χ1n) is 9.97. The van der Waals surface area contributed by atoms with Crippen molar-refractivity contribution in [2.45, 2.75) is 47.5 Å². The molecule has 1 aliphatic rings. The zero-order valence-electron chi connectivity index (χ0n) is 17.7. The van der Waals surface area contributed by atoms with Gasteiger partial charge in [-0.25, -0.2) is 0 Å². The zero-order valence-corrected chi connectivity index (χ0v) is 17.7. The van der Waals surface area contributed by atoms with Gasteiger partial charge < -0.3 is 4.90 Å². The third-order valence-electron chi connectivity index (χ3n) is 4.08. The lowest BCUT2D eigenvalue weighted by Crippen LogP contribution is -2.09. The molecular formula is C26H33N. The van der Waals surface area contributed by atoms with Crippen LogP contribution in [0.25, 0.3) is 5.57 Å². The first-order valence-corrected chi connectivity index (χ1v) is 9.97. The highest BCUT2D eigenvalue weighted by Crippen LogP contribution is 2.26. The Balaban J connectivity index is 0.000000855. The molecule has 0 amide bonds. The van der Waals surface area contributed by atoms with Gasteiger partial charge in [0.2, 0.25) is 0 Å². The highest BCUT2D eigenvalue weighted by Gasteiger charge is 2.05. The van der Waals surface area contributed by atoms with E-state index in [1.807, 2.05) is 27.7 Å². The van der Waals surface area contributed by atoms with Crippen LogP contribution in [0.5, 0.6) is 0 Å². The lowest BCUT2D eigenvalue weighted by molar-refractivity contribution is 1.20. The lowest BCUT2D eigenvalue weighted by Gasteiger charge is -2.20. The average Bonchev–Trinajstić information content (AvgIpc) is 2.71. The predicted molar refractivity (Wildman–Crippen MR) is 123 cm³/mol. The van der Waals surface area contributed by atoms with Crippen molar-refractivity contribution in [3.05, 3.63) is 77.9 Å². The van der Waals surface area contributed by atoms with Crippen LogP contribution in [0.3, 0.4) is 0 Å². The maximum atomic E-state index is 3.16. The summed E-state index contributed by atoms with van der Waals surface area (Å²) >= 11 is 0. The number of anilines is 2. The van der Waals surface area contributed by atoms with E-state index >= 15 is 0 Å². The summed E-state index contributed by atoms with van der Waals surface area (Å²) in [6.07, 6.45) is 8.16. The predicted octanol–water partition coefficient (Wildman–Crippen LogP) is 7.55. The van der Waals surface area contributed by atoms with Crippen LogP contribution in [-0.4, -0.2) is 7.05 Å². The Kier molecular flexibility index (Phi) is 10.4. The molecule has 0 heterocycles. The molecule has 0 fully saturated rings. The van der Waals surface area contributed by atoms with E-state index in [1.54, 1.807) is 0 Å². The molecule has 0 aromatic heterocycles. The van der Waals surface area contributed by atoms with Crippen LogP contribution < -0.4 is 4.90 Å². The molecule has 27 heavy (non-hydrogen) atoms. The van der Waals surface area contributed by atoms with Gasteiger partial charge in [-0.2, -0.15) is 0 Å². The van der Waals surface area contributed by atoms with Crippen molar-refractivity contribution >= 4 is 16.9 Å². The molecule has 2 aromatic rings. The smallest absolute Gasteiger partial charge is 0.0408 e. The number of nitrogens with zero attached hydrogens (tertiary/aromatic N) is 1. The molecule has 0 spiro atoms. The Labute approximate surface area is 166 Å². The third-order valence-corrected chi connectivity index (χ3v) is 4.08. The van der Waals surface area contributed by atoms with E-state index in [0.29, 0.717) is 0 Å². The van der Waals surface area contributed by atoms with E-state index < -0.39 is 0 Å². The number of hydrogen-bond acceptors (Lipinski definition) is 1. The molecule has 0 unspecified atom stereocenters. The summed E-state index contributed by atoms with van der Waals surface area (Å²) in [5.74, 6) is 6.27. The van der Waals surface area contributed by atoms with Crippen LogP contribution in [0.15, 0.2) is 66.8 Å². The van der Waals surface area contributed by atoms with Gasteiger partial charge in [0, 0.05) is 31.3 Å². The standard InChI is InChI=1S/C22H21N.2C2H6/c1-18-10-14-21(15-11-18)23(2)22-16-12-20(13-17-22)19-8-6-4-3-5-7-9-19;2*1-2/h6,8-17H,4,7H2,1-2H3;2*1-2H3/b8-6-,19-9+;;. The van der Waals surface area contributed by atoms with Crippen molar-refractivity contribution in [3.63, 3.8) is 0 Å². The molecule has 0 bridgehead atoms. The molecule has 0 aliphatic heterocycles. The fourth-order valence-electron chi connectivity index (χ4n) is 2.63. The molecule has 142 valence electrons. The van der Waals surface area contributed by atoms with Crippen LogP contribution in [0.4, 0.5) is 11.4 Å². The topological polar surface area (TPSA) is 3.24 Å². The number of rotatable bonds is 3. The maximum absolute atomic E-state index is 3.16. The fraction of sp³-hybridized carbons (Fsp3) is 0.308. The highest BCUT2D eigenvalue weighted by molar-refractivity contribution is 5.76. The van der Waals surface area contributed by atoms with Gasteiger partial charge in [0.1, 0.15) is 0 Å². The van der Waals surface area contributed by atoms with E-state index in [-0.39, 0.29) is 0 Å². The Morgan fingerprint density at radius 2 is 1.26 bits per heavy atom. The van der Waals surface area contributed by atoms with Crippen LogP contribution in [0, 0.1) is 18.8 Å². The summed E-state index contributed by atoms with van der Waals surface area (Å²) < 4.78 is 0. The summed E-state index contributed by atoms with van der Waals surface area (Å²) in [6, 6.07) is 17.3. The minimum atomic E-state index is 0.824. The van der Waals surface area contributed by atoms with Gasteiger partial charge in [-0.15, -0.1) is 0 Å². The molecule has 0 N–H and O–H groups in total. The summed E-state index contributed by atoms with van der Waals surface area (Å²) in [6.45, 7) is 10.1. The van der Waals surface area contributed by atoms with E-state index in [2.05, 4.69) is 97.5 Å². The summed E-state index contributed by atoms with van der Waals surface area (Å²) in [7, 11) is 2.10. The van der Waals surface area contributed by atoms with Gasteiger partial charge in [0.15, 0.2) is 0 Å². The van der Waals surface area contributed by atoms with Crippen LogP contribution in [-0.2, 0) is 0 Å². The number of benzene rings is 2. The number of allylic oxidation sites excluding steroid dienone is 4. The van der Waals surface area contributed by atoms with Crippen molar-refractivity contribution in [1.29, 1.82) is 0 Å². The molecule has 1 heteroatoms. The van der Waals surface area contributed by atoms with Crippen molar-refractivity contribution in [2.24, 2.45) is 0 Å². The second-order valence-electron chi connectivity index (χ2n) is 5.77. The summed E-state index contributed by atoms with van der Waals surface area (Å²) in [5.41, 5.74) is 6.16. The minimum absolute atomic E-state index is 0.824. The molecule has 0 saturated heterocycles. The summed E-state index contributed by atoms with van der Waals surface area (Å²) in [4.78, 5) is 2.21. The fourth-order valence-corrected chi connectivity index (χ4v) is 2.63. The highest BCUT2D eigenvalue weighted by atomic mass is 15.1. The largest absolute Gasteiger partial charge is 0.345 e. The first-order chi connectivity index (χ1) is 13.2. The lowest BCUT2D eigenvalue weighted by atomic mass is 10.0. The number of hydrogen-bond donors (Lipinski definition) is 0.